The van der Waals surface area contributed by atoms with Crippen molar-refractivity contribution in [3.8, 4) is 17.0 Å². The van der Waals surface area contributed by atoms with Gasteiger partial charge in [-0.05, 0) is 30.3 Å². The van der Waals surface area contributed by atoms with Crippen LogP contribution in [-0.4, -0.2) is 29.9 Å². The third-order valence-electron chi connectivity index (χ3n) is 4.34. The van der Waals surface area contributed by atoms with Gasteiger partial charge in [0.25, 0.3) is 15.6 Å². The Morgan fingerprint density at radius 1 is 1.03 bits per heavy atom. The van der Waals surface area contributed by atoms with Crippen LogP contribution in [0.3, 0.4) is 0 Å². The van der Waals surface area contributed by atoms with Crippen LogP contribution in [0.1, 0.15) is 0 Å². The molecule has 0 aliphatic heterocycles. The second-order valence-corrected chi connectivity index (χ2v) is 8.35. The van der Waals surface area contributed by atoms with Crippen LogP contribution < -0.4 is 15.0 Å². The minimum atomic E-state index is -3.84. The molecule has 0 radical (unpaired) electrons. The number of rotatable bonds is 5. The minimum Gasteiger partial charge on any atom is -0.480 e. The summed E-state index contributed by atoms with van der Waals surface area (Å²) in [6.45, 7) is 0. The Morgan fingerprint density at radius 3 is 2.53 bits per heavy atom. The molecule has 0 unspecified atom stereocenters. The highest BCUT2D eigenvalue weighted by Crippen LogP contribution is 2.30. The van der Waals surface area contributed by atoms with E-state index in [0.717, 1.165) is 0 Å². The van der Waals surface area contributed by atoms with E-state index in [1.54, 1.807) is 42.6 Å². The van der Waals surface area contributed by atoms with E-state index >= 15 is 0 Å². The molecule has 0 fully saturated rings. The fraction of sp³-hybridized carbons (Fsp3) is 0.0500. The lowest BCUT2D eigenvalue weighted by Crippen LogP contribution is -2.15. The van der Waals surface area contributed by atoms with Gasteiger partial charge >= 0.3 is 0 Å². The maximum absolute atomic E-state index is 12.7. The van der Waals surface area contributed by atoms with Crippen LogP contribution in [0.5, 0.6) is 5.88 Å². The smallest absolute Gasteiger partial charge is 0.276 e. The fourth-order valence-corrected chi connectivity index (χ4v) is 4.08. The van der Waals surface area contributed by atoms with Crippen molar-refractivity contribution in [2.45, 2.75) is 4.90 Å². The van der Waals surface area contributed by atoms with Crippen LogP contribution in [0.2, 0.25) is 5.02 Å². The van der Waals surface area contributed by atoms with Gasteiger partial charge in [-0.15, -0.1) is 0 Å². The average Bonchev–Trinajstić information content (AvgIpc) is 2.76. The first kappa shape index (κ1) is 19.9. The number of hydrogen-bond acceptors (Lipinski definition) is 6. The zero-order valence-electron chi connectivity index (χ0n) is 15.6. The number of methoxy groups -OCH3 is 1. The Kier molecular flexibility index (Phi) is 5.15. The predicted molar refractivity (Wildman–Crippen MR) is 114 cm³/mol. The van der Waals surface area contributed by atoms with Crippen LogP contribution in [0.4, 0.5) is 5.69 Å². The van der Waals surface area contributed by atoms with Crippen molar-refractivity contribution in [1.29, 1.82) is 0 Å². The molecule has 3 aromatic heterocycles. The van der Waals surface area contributed by atoms with Crippen molar-refractivity contribution < 1.29 is 13.2 Å². The van der Waals surface area contributed by atoms with Gasteiger partial charge in [0.1, 0.15) is 16.4 Å². The lowest BCUT2D eigenvalue weighted by molar-refractivity contribution is 0.400. The highest BCUT2D eigenvalue weighted by molar-refractivity contribution is 7.92. The molecule has 0 atom stereocenters. The van der Waals surface area contributed by atoms with Gasteiger partial charge in [-0.3, -0.25) is 13.9 Å². The van der Waals surface area contributed by atoms with E-state index in [-0.39, 0.29) is 21.5 Å². The SMILES string of the molecule is COc1ncc(-c2ccc3ncc(Cl)c(=O)n3c2)cc1NS(=O)(=O)c1ccccc1. The van der Waals surface area contributed by atoms with Gasteiger partial charge in [0.05, 0.1) is 18.2 Å². The van der Waals surface area contributed by atoms with Crippen LogP contribution in [0.15, 0.2) is 76.8 Å². The summed E-state index contributed by atoms with van der Waals surface area (Å²) in [5.74, 6) is 0.112. The number of fused-ring (bicyclic) bond motifs is 1. The van der Waals surface area contributed by atoms with Crippen molar-refractivity contribution >= 4 is 33.0 Å². The zero-order valence-corrected chi connectivity index (χ0v) is 17.2. The molecule has 1 aromatic carbocycles. The number of benzene rings is 1. The first-order chi connectivity index (χ1) is 14.4. The Balaban J connectivity index is 1.79. The summed E-state index contributed by atoms with van der Waals surface area (Å²) in [6, 6.07) is 12.9. The quantitative estimate of drug-likeness (QED) is 0.509. The maximum atomic E-state index is 12.7. The molecule has 0 spiro atoms. The van der Waals surface area contributed by atoms with Crippen molar-refractivity contribution in [2.75, 3.05) is 11.8 Å². The van der Waals surface area contributed by atoms with E-state index in [9.17, 15) is 13.2 Å². The molecule has 0 saturated heterocycles. The van der Waals surface area contributed by atoms with Crippen molar-refractivity contribution in [3.63, 3.8) is 0 Å². The van der Waals surface area contributed by atoms with Crippen LogP contribution >= 0.6 is 11.6 Å². The number of aromatic nitrogens is 3. The molecule has 0 bridgehead atoms. The topological polar surface area (TPSA) is 103 Å². The van der Waals surface area contributed by atoms with Crippen molar-refractivity contribution in [2.24, 2.45) is 0 Å². The third-order valence-corrected chi connectivity index (χ3v) is 5.98. The molecule has 0 saturated carbocycles. The standard InChI is InChI=1S/C20H15ClN4O4S/c1-29-19-17(24-30(27,28)15-5-3-2-4-6-15)9-14(10-23-19)13-7-8-18-22-11-16(21)20(26)25(18)12-13/h2-12,24H,1H3. The molecule has 8 nitrogen and oxygen atoms in total. The van der Waals surface area contributed by atoms with Crippen LogP contribution in [0, 0.1) is 0 Å². The Labute approximate surface area is 176 Å². The molecular weight excluding hydrogens is 428 g/mol. The molecule has 3 heterocycles. The highest BCUT2D eigenvalue weighted by Gasteiger charge is 2.18. The van der Waals surface area contributed by atoms with E-state index in [2.05, 4.69) is 14.7 Å². The number of nitrogens with one attached hydrogen (secondary N) is 1. The van der Waals surface area contributed by atoms with E-state index in [1.807, 2.05) is 0 Å². The molecule has 1 N–H and O–H groups in total. The summed E-state index contributed by atoms with van der Waals surface area (Å²) in [4.78, 5) is 20.7. The summed E-state index contributed by atoms with van der Waals surface area (Å²) in [6.07, 6.45) is 4.38. The molecule has 4 rings (SSSR count). The van der Waals surface area contributed by atoms with Crippen LogP contribution in [0.25, 0.3) is 16.8 Å². The third kappa shape index (κ3) is 3.72. The first-order valence-corrected chi connectivity index (χ1v) is 10.5. The van der Waals surface area contributed by atoms with Gasteiger partial charge in [0.15, 0.2) is 0 Å². The number of nitrogens with zero attached hydrogens (tertiary/aromatic N) is 3. The van der Waals surface area contributed by atoms with E-state index < -0.39 is 15.6 Å². The van der Waals surface area contributed by atoms with Crippen molar-refractivity contribution in [1.82, 2.24) is 14.4 Å². The Bertz CT molecular complexity index is 1410. The van der Waals surface area contributed by atoms with Gasteiger partial charge in [-0.25, -0.2) is 18.4 Å². The summed E-state index contributed by atoms with van der Waals surface area (Å²) < 4.78 is 34.4. The van der Waals surface area contributed by atoms with E-state index in [4.69, 9.17) is 16.3 Å². The molecule has 0 aliphatic rings. The van der Waals surface area contributed by atoms with Gasteiger partial charge in [-0.1, -0.05) is 29.8 Å². The van der Waals surface area contributed by atoms with Gasteiger partial charge in [0, 0.05) is 23.5 Å². The van der Waals surface area contributed by atoms with E-state index in [0.29, 0.717) is 16.8 Å². The number of anilines is 1. The van der Waals surface area contributed by atoms with Crippen LogP contribution in [-0.2, 0) is 10.0 Å². The summed E-state index contributed by atoms with van der Waals surface area (Å²) in [5, 5.41) is -0.00573. The van der Waals surface area contributed by atoms with Crippen molar-refractivity contribution in [3.05, 3.63) is 82.5 Å². The lowest BCUT2D eigenvalue weighted by atomic mass is 10.1. The summed E-state index contributed by atoms with van der Waals surface area (Å²) in [5.41, 5.74) is 1.37. The molecular formula is C20H15ClN4O4S. The first-order valence-electron chi connectivity index (χ1n) is 8.68. The number of hydrogen-bond donors (Lipinski definition) is 1. The highest BCUT2D eigenvalue weighted by atomic mass is 35.5. The Hall–Kier alpha value is -3.43. The Morgan fingerprint density at radius 2 is 1.80 bits per heavy atom. The zero-order chi connectivity index (χ0) is 21.3. The minimum absolute atomic E-state index is 0.00573. The number of halogens is 1. The van der Waals surface area contributed by atoms with Gasteiger partial charge in [-0.2, -0.15) is 0 Å². The molecule has 30 heavy (non-hydrogen) atoms. The maximum Gasteiger partial charge on any atom is 0.276 e. The van der Waals surface area contributed by atoms with Gasteiger partial charge < -0.3 is 4.74 Å². The second-order valence-electron chi connectivity index (χ2n) is 6.26. The van der Waals surface area contributed by atoms with E-state index in [1.165, 1.54) is 36.0 Å². The number of sulfonamides is 1. The molecule has 4 aromatic rings. The molecule has 0 aliphatic carbocycles. The lowest BCUT2D eigenvalue weighted by Gasteiger charge is -2.13. The second kappa shape index (κ2) is 7.77. The average molecular weight is 443 g/mol. The molecule has 0 amide bonds. The monoisotopic (exact) mass is 442 g/mol. The molecule has 152 valence electrons. The normalized spacial score (nSPS) is 11.4. The number of pyridine rings is 2. The predicted octanol–water partition coefficient (Wildman–Crippen LogP) is 3.22. The molecule has 10 heteroatoms. The fourth-order valence-electron chi connectivity index (χ4n) is 2.87. The summed E-state index contributed by atoms with van der Waals surface area (Å²) >= 11 is 5.88. The number of ether oxygens (including phenoxy) is 1. The van der Waals surface area contributed by atoms with Gasteiger partial charge in [0.2, 0.25) is 5.88 Å². The largest absolute Gasteiger partial charge is 0.480 e. The summed E-state index contributed by atoms with van der Waals surface area (Å²) in [7, 11) is -2.45.